The van der Waals surface area contributed by atoms with E-state index < -0.39 is 0 Å². The molecule has 2 rings (SSSR count). The Labute approximate surface area is 87.7 Å². The third-order valence-electron chi connectivity index (χ3n) is 2.18. The van der Waals surface area contributed by atoms with Gasteiger partial charge in [-0.25, -0.2) is 4.98 Å². The summed E-state index contributed by atoms with van der Waals surface area (Å²) < 4.78 is 5.40. The molecule has 0 aliphatic carbocycles. The highest BCUT2D eigenvalue weighted by Gasteiger charge is 2.14. The maximum atomic E-state index is 5.69. The molecule has 1 N–H and O–H groups in total. The second kappa shape index (κ2) is 4.57. The minimum Gasteiger partial charge on any atom is -0.462 e. The molecule has 4 nitrogen and oxygen atoms in total. The molecule has 14 heavy (non-hydrogen) atoms. The summed E-state index contributed by atoms with van der Waals surface area (Å²) in [6, 6.07) is 2.41. The zero-order valence-corrected chi connectivity index (χ0v) is 8.50. The summed E-state index contributed by atoms with van der Waals surface area (Å²) in [6.07, 6.45) is 3.96. The molecular weight excluding hydrogens is 202 g/mol. The number of hydrogen-bond acceptors (Lipinski definition) is 4. The van der Waals surface area contributed by atoms with E-state index in [2.05, 4.69) is 15.3 Å². The highest BCUT2D eigenvalue weighted by molar-refractivity contribution is 6.29. The number of hydrogen-bond donors (Lipinski definition) is 1. The maximum absolute atomic E-state index is 5.69. The Balaban J connectivity index is 1.85. The van der Waals surface area contributed by atoms with Gasteiger partial charge in [-0.3, -0.25) is 0 Å². The van der Waals surface area contributed by atoms with Crippen molar-refractivity contribution in [2.75, 3.05) is 13.2 Å². The fourth-order valence-corrected chi connectivity index (χ4v) is 1.59. The van der Waals surface area contributed by atoms with Gasteiger partial charge in [0.25, 0.3) is 0 Å². The third kappa shape index (κ3) is 2.56. The summed E-state index contributed by atoms with van der Waals surface area (Å²) in [7, 11) is 0. The number of ether oxygens (including phenoxy) is 1. The van der Waals surface area contributed by atoms with E-state index in [1.54, 1.807) is 12.3 Å². The minimum absolute atomic E-state index is 0.353. The van der Waals surface area contributed by atoms with E-state index >= 15 is 0 Å². The highest BCUT2D eigenvalue weighted by atomic mass is 35.5. The molecule has 0 amide bonds. The van der Waals surface area contributed by atoms with Crippen molar-refractivity contribution in [1.29, 1.82) is 0 Å². The van der Waals surface area contributed by atoms with Gasteiger partial charge in [-0.15, -0.1) is 0 Å². The third-order valence-corrected chi connectivity index (χ3v) is 2.39. The molecule has 1 aromatic rings. The lowest BCUT2D eigenvalue weighted by Gasteiger charge is -2.10. The van der Waals surface area contributed by atoms with Gasteiger partial charge in [0.05, 0.1) is 0 Å². The molecule has 0 unspecified atom stereocenters. The molecule has 0 bridgehead atoms. The predicted octanol–water partition coefficient (Wildman–Crippen LogP) is 1.26. The van der Waals surface area contributed by atoms with Gasteiger partial charge in [0.15, 0.2) is 0 Å². The number of rotatable bonds is 3. The van der Waals surface area contributed by atoms with Crippen molar-refractivity contribution in [2.45, 2.75) is 18.9 Å². The van der Waals surface area contributed by atoms with Crippen molar-refractivity contribution in [3.05, 3.63) is 17.4 Å². The van der Waals surface area contributed by atoms with Crippen LogP contribution in [0.25, 0.3) is 0 Å². The molecule has 5 heteroatoms. The SMILES string of the molecule is Clc1ccnc(OC[C@@H]2CCCN2)n1. The number of nitrogens with zero attached hydrogens (tertiary/aromatic N) is 2. The van der Waals surface area contributed by atoms with E-state index in [0.29, 0.717) is 23.8 Å². The van der Waals surface area contributed by atoms with Gasteiger partial charge >= 0.3 is 6.01 Å². The second-order valence-electron chi connectivity index (χ2n) is 3.27. The molecule has 1 atom stereocenters. The van der Waals surface area contributed by atoms with Crippen molar-refractivity contribution < 1.29 is 4.74 Å². The summed E-state index contributed by atoms with van der Waals surface area (Å²) in [4.78, 5) is 7.89. The maximum Gasteiger partial charge on any atom is 0.317 e. The molecule has 1 aromatic heterocycles. The average Bonchev–Trinajstić information content (AvgIpc) is 2.67. The van der Waals surface area contributed by atoms with Gasteiger partial charge < -0.3 is 10.1 Å². The molecule has 2 heterocycles. The Morgan fingerprint density at radius 1 is 1.64 bits per heavy atom. The zero-order chi connectivity index (χ0) is 9.80. The van der Waals surface area contributed by atoms with E-state index in [9.17, 15) is 0 Å². The summed E-state index contributed by atoms with van der Waals surface area (Å²) in [5.74, 6) is 0. The van der Waals surface area contributed by atoms with Crippen LogP contribution in [0.5, 0.6) is 6.01 Å². The van der Waals surface area contributed by atoms with Crippen LogP contribution in [0.15, 0.2) is 12.3 Å². The van der Waals surface area contributed by atoms with Crippen LogP contribution in [-0.2, 0) is 0 Å². The Kier molecular flexibility index (Phi) is 3.16. The average molecular weight is 214 g/mol. The van der Waals surface area contributed by atoms with Crippen molar-refractivity contribution in [1.82, 2.24) is 15.3 Å². The number of aromatic nitrogens is 2. The van der Waals surface area contributed by atoms with Gasteiger partial charge in [0.2, 0.25) is 0 Å². The summed E-state index contributed by atoms with van der Waals surface area (Å²) >= 11 is 5.69. The van der Waals surface area contributed by atoms with E-state index in [1.807, 2.05) is 0 Å². The lowest BCUT2D eigenvalue weighted by Crippen LogP contribution is -2.28. The van der Waals surface area contributed by atoms with Gasteiger partial charge in [0.1, 0.15) is 11.8 Å². The van der Waals surface area contributed by atoms with Crippen LogP contribution in [0.4, 0.5) is 0 Å². The van der Waals surface area contributed by atoms with E-state index in [-0.39, 0.29) is 0 Å². The smallest absolute Gasteiger partial charge is 0.317 e. The molecule has 0 saturated carbocycles. The standard InChI is InChI=1S/C9H12ClN3O/c10-8-3-5-12-9(13-8)14-6-7-2-1-4-11-7/h3,5,7,11H,1-2,4,6H2/t7-/m0/s1. The van der Waals surface area contributed by atoms with Crippen LogP contribution in [0, 0.1) is 0 Å². The number of halogens is 1. The number of nitrogens with one attached hydrogen (secondary N) is 1. The minimum atomic E-state index is 0.353. The molecule has 1 aliphatic heterocycles. The first-order valence-electron chi connectivity index (χ1n) is 4.69. The largest absolute Gasteiger partial charge is 0.462 e. The first kappa shape index (κ1) is 9.68. The molecule has 1 aliphatic rings. The van der Waals surface area contributed by atoms with Crippen molar-refractivity contribution >= 4 is 11.6 Å². The lowest BCUT2D eigenvalue weighted by atomic mass is 10.2. The summed E-state index contributed by atoms with van der Waals surface area (Å²) in [5.41, 5.74) is 0. The molecular formula is C9H12ClN3O. The van der Waals surface area contributed by atoms with Crippen LogP contribution in [-0.4, -0.2) is 29.2 Å². The van der Waals surface area contributed by atoms with Crippen molar-refractivity contribution in [3.8, 4) is 6.01 Å². The molecule has 0 radical (unpaired) electrons. The van der Waals surface area contributed by atoms with Gasteiger partial charge in [0, 0.05) is 12.2 Å². The Bertz CT molecular complexity index is 302. The topological polar surface area (TPSA) is 47.0 Å². The van der Waals surface area contributed by atoms with Crippen LogP contribution in [0.1, 0.15) is 12.8 Å². The van der Waals surface area contributed by atoms with Crippen LogP contribution >= 0.6 is 11.6 Å². The lowest BCUT2D eigenvalue weighted by molar-refractivity contribution is 0.257. The van der Waals surface area contributed by atoms with Gasteiger partial charge in [-0.1, -0.05) is 11.6 Å². The molecule has 1 fully saturated rings. The fraction of sp³-hybridized carbons (Fsp3) is 0.556. The van der Waals surface area contributed by atoms with Crippen LogP contribution in [0.2, 0.25) is 5.15 Å². The van der Waals surface area contributed by atoms with Crippen molar-refractivity contribution in [2.24, 2.45) is 0 Å². The Hall–Kier alpha value is -0.870. The van der Waals surface area contributed by atoms with Crippen molar-refractivity contribution in [3.63, 3.8) is 0 Å². The molecule has 0 spiro atoms. The zero-order valence-electron chi connectivity index (χ0n) is 7.74. The predicted molar refractivity (Wildman–Crippen MR) is 53.6 cm³/mol. The van der Waals surface area contributed by atoms with Gasteiger partial charge in [-0.05, 0) is 25.5 Å². The second-order valence-corrected chi connectivity index (χ2v) is 3.65. The first-order valence-corrected chi connectivity index (χ1v) is 5.07. The Morgan fingerprint density at radius 2 is 2.57 bits per heavy atom. The van der Waals surface area contributed by atoms with Crippen LogP contribution in [0.3, 0.4) is 0 Å². The summed E-state index contributed by atoms with van der Waals surface area (Å²) in [6.45, 7) is 1.69. The molecule has 1 saturated heterocycles. The molecule has 0 aromatic carbocycles. The van der Waals surface area contributed by atoms with E-state index in [0.717, 1.165) is 13.0 Å². The summed E-state index contributed by atoms with van der Waals surface area (Å²) in [5, 5.41) is 3.74. The first-order chi connectivity index (χ1) is 6.84. The van der Waals surface area contributed by atoms with Gasteiger partial charge in [-0.2, -0.15) is 4.98 Å². The monoisotopic (exact) mass is 213 g/mol. The van der Waals surface area contributed by atoms with E-state index in [1.165, 1.54) is 6.42 Å². The Morgan fingerprint density at radius 3 is 3.29 bits per heavy atom. The highest BCUT2D eigenvalue weighted by Crippen LogP contribution is 2.10. The normalized spacial score (nSPS) is 21.1. The quantitative estimate of drug-likeness (QED) is 0.768. The molecule has 76 valence electrons. The fourth-order valence-electron chi connectivity index (χ4n) is 1.46. The van der Waals surface area contributed by atoms with Crippen LogP contribution < -0.4 is 10.1 Å². The van der Waals surface area contributed by atoms with E-state index in [4.69, 9.17) is 16.3 Å².